The Bertz CT molecular complexity index is 905. The van der Waals surface area contributed by atoms with Crippen LogP contribution in [0.15, 0.2) is 116 Å². The summed E-state index contributed by atoms with van der Waals surface area (Å²) in [5, 5.41) is 12.2. The van der Waals surface area contributed by atoms with Crippen molar-refractivity contribution in [1.82, 2.24) is 0 Å². The van der Waals surface area contributed by atoms with Crippen LogP contribution in [0.25, 0.3) is 0 Å². The smallest absolute Gasteiger partial charge is 0.320 e. The predicted molar refractivity (Wildman–Crippen MR) is 132 cm³/mol. The quantitative estimate of drug-likeness (QED) is 0.265. The Hall–Kier alpha value is -2.99. The van der Waals surface area contributed by atoms with Gasteiger partial charge in [0.15, 0.2) is 0 Å². The Labute approximate surface area is 202 Å². The molecule has 0 aromatic heterocycles. The molecule has 0 saturated heterocycles. The fourth-order valence-electron chi connectivity index (χ4n) is 3.27. The molecule has 0 heterocycles. The molecule has 0 amide bonds. The monoisotopic (exact) mass is 507 g/mol. The first kappa shape index (κ1) is 27.0. The Kier molecular flexibility index (Phi) is 12.6. The van der Waals surface area contributed by atoms with Gasteiger partial charge in [0.25, 0.3) is 0 Å². The molecule has 3 rings (SSSR count). The summed E-state index contributed by atoms with van der Waals surface area (Å²) in [5.41, 5.74) is 0. The zero-order chi connectivity index (χ0) is 22.4. The van der Waals surface area contributed by atoms with Gasteiger partial charge in [-0.1, -0.05) is 79.9 Å². The predicted octanol–water partition coefficient (Wildman–Crippen LogP) is 1.80. The maximum Gasteiger partial charge on any atom is 0.320 e. The van der Waals surface area contributed by atoms with Crippen LogP contribution in [0.2, 0.25) is 0 Å². The highest BCUT2D eigenvalue weighted by molar-refractivity contribution is 7.95. The first-order valence-electron chi connectivity index (χ1n) is 9.98. The number of hydrogen-bond acceptors (Lipinski definition) is 3. The number of hydrogen-bond donors (Lipinski definition) is 0. The highest BCUT2D eigenvalue weighted by Crippen LogP contribution is 2.55. The molecule has 3 nitrogen and oxygen atoms in total. The molecule has 0 unspecified atom stereocenters. The number of esters is 1. The Morgan fingerprint density at radius 2 is 1.22 bits per heavy atom. The second-order valence-corrected chi connectivity index (χ2v) is 10.1. The lowest BCUT2D eigenvalue weighted by Gasteiger charge is -2.26. The number of nitriles is 1. The number of allylic oxidation sites excluding steroid dienone is 1. The second kappa shape index (κ2) is 14.9. The van der Waals surface area contributed by atoms with E-state index in [9.17, 15) is 4.79 Å². The van der Waals surface area contributed by atoms with Gasteiger partial charge >= 0.3 is 5.97 Å². The summed E-state index contributed by atoms with van der Waals surface area (Å²) >= 11 is 0. The minimum Gasteiger partial charge on any atom is -1.00 e. The minimum absolute atomic E-state index is 0. The van der Waals surface area contributed by atoms with Crippen molar-refractivity contribution >= 4 is 29.1 Å². The van der Waals surface area contributed by atoms with Gasteiger partial charge in [0.05, 0.1) is 12.2 Å². The second-order valence-electron chi connectivity index (χ2n) is 6.59. The fourth-order valence-corrected chi connectivity index (χ4v) is 7.23. The highest BCUT2D eigenvalue weighted by Gasteiger charge is 2.43. The number of benzene rings is 3. The van der Waals surface area contributed by atoms with Crippen molar-refractivity contribution in [2.45, 2.75) is 6.42 Å². The van der Waals surface area contributed by atoms with Gasteiger partial charge in [0.2, 0.25) is 0 Å². The Balaban J connectivity index is 0.000000440. The van der Waals surface area contributed by atoms with Crippen LogP contribution < -0.4 is 32.9 Å². The van der Waals surface area contributed by atoms with E-state index in [0.717, 1.165) is 6.16 Å². The zero-order valence-corrected chi connectivity index (χ0v) is 20.4. The van der Waals surface area contributed by atoms with Gasteiger partial charge in [-0.25, -0.2) is 0 Å². The fraction of sp³-hybridized carbons (Fsp3) is 0.111. The van der Waals surface area contributed by atoms with Crippen LogP contribution in [0.5, 0.6) is 0 Å². The van der Waals surface area contributed by atoms with Crippen molar-refractivity contribution in [1.29, 1.82) is 5.26 Å². The van der Waals surface area contributed by atoms with E-state index in [-0.39, 0.29) is 30.0 Å². The van der Waals surface area contributed by atoms with Crippen molar-refractivity contribution in [3.05, 3.63) is 116 Å². The molecule has 0 spiro atoms. The summed E-state index contributed by atoms with van der Waals surface area (Å²) in [6.07, 6.45) is 4.31. The van der Waals surface area contributed by atoms with Crippen molar-refractivity contribution in [3.8, 4) is 6.07 Å². The van der Waals surface area contributed by atoms with Crippen molar-refractivity contribution < 1.29 is 26.5 Å². The number of halogens is 1. The minimum atomic E-state index is -1.67. The molecule has 0 N–H and O–H groups in total. The normalized spacial score (nSPS) is 9.72. The summed E-state index contributed by atoms with van der Waals surface area (Å²) in [7, 11) is -1.67. The summed E-state index contributed by atoms with van der Waals surface area (Å²) in [4.78, 5) is 10.3. The summed E-state index contributed by atoms with van der Waals surface area (Å²) in [6, 6.07) is 34.3. The molecule has 0 radical (unpaired) electrons. The van der Waals surface area contributed by atoms with Crippen LogP contribution in [0.3, 0.4) is 0 Å². The van der Waals surface area contributed by atoms with Crippen molar-refractivity contribution in [3.63, 3.8) is 0 Å². The standard InChI is InChI=1S/C21H20P.C6H7NO2.BrH/c1-2-18-22(19-12-6-3-7-13-19,20-14-8-4-9-15-20)21-16-10-5-11-17-21;1-2-5-9-6(8)3-4-7;/h2-17H,1,18H2;2H,1,3,5H2;1H/q+1;;/p-1. The number of nitrogens with zero attached hydrogens (tertiary/aromatic N) is 1. The van der Waals surface area contributed by atoms with E-state index in [0.29, 0.717) is 0 Å². The van der Waals surface area contributed by atoms with Gasteiger partial charge in [0, 0.05) is 0 Å². The van der Waals surface area contributed by atoms with E-state index in [2.05, 4.69) is 115 Å². The number of ether oxygens (including phenoxy) is 1. The van der Waals surface area contributed by atoms with Crippen LogP contribution in [0.4, 0.5) is 0 Å². The first-order valence-corrected chi connectivity index (χ1v) is 12.0. The molecule has 0 fully saturated rings. The largest absolute Gasteiger partial charge is 1.00 e. The van der Waals surface area contributed by atoms with Crippen LogP contribution in [0.1, 0.15) is 6.42 Å². The SMILES string of the molecule is C=CCOC(=O)CC#N.C=CC[P+](c1ccccc1)(c1ccccc1)c1ccccc1.[Br-]. The molecule has 32 heavy (non-hydrogen) atoms. The van der Waals surface area contributed by atoms with Crippen LogP contribution in [-0.4, -0.2) is 18.7 Å². The average molecular weight is 508 g/mol. The lowest BCUT2D eigenvalue weighted by atomic mass is 10.4. The maximum atomic E-state index is 10.3. The van der Waals surface area contributed by atoms with E-state index in [4.69, 9.17) is 5.26 Å². The molecule has 5 heteroatoms. The molecular weight excluding hydrogens is 481 g/mol. The van der Waals surface area contributed by atoms with Gasteiger partial charge in [-0.15, -0.1) is 0 Å². The van der Waals surface area contributed by atoms with Crippen LogP contribution in [0, 0.1) is 11.3 Å². The van der Waals surface area contributed by atoms with E-state index >= 15 is 0 Å². The summed E-state index contributed by atoms with van der Waals surface area (Å²) in [5.74, 6) is -0.502. The molecule has 0 aliphatic carbocycles. The lowest BCUT2D eigenvalue weighted by molar-refractivity contribution is -0.141. The van der Waals surface area contributed by atoms with E-state index in [1.807, 2.05) is 0 Å². The Morgan fingerprint density at radius 3 is 1.53 bits per heavy atom. The summed E-state index contributed by atoms with van der Waals surface area (Å²) in [6.45, 7) is 7.56. The molecule has 0 saturated carbocycles. The Morgan fingerprint density at radius 1 is 0.812 bits per heavy atom. The van der Waals surface area contributed by atoms with Gasteiger partial charge < -0.3 is 21.7 Å². The van der Waals surface area contributed by atoms with Crippen LogP contribution >= 0.6 is 7.26 Å². The van der Waals surface area contributed by atoms with E-state index in [1.165, 1.54) is 22.0 Å². The molecule has 3 aromatic carbocycles. The van der Waals surface area contributed by atoms with Gasteiger partial charge in [-0.2, -0.15) is 5.26 Å². The van der Waals surface area contributed by atoms with E-state index < -0.39 is 13.2 Å². The topological polar surface area (TPSA) is 50.1 Å². The maximum absolute atomic E-state index is 10.3. The van der Waals surface area contributed by atoms with Crippen molar-refractivity contribution in [2.24, 2.45) is 0 Å². The molecule has 0 aliphatic rings. The summed E-state index contributed by atoms with van der Waals surface area (Å²) < 4.78 is 4.45. The highest BCUT2D eigenvalue weighted by atomic mass is 79.9. The third-order valence-electron chi connectivity index (χ3n) is 4.58. The number of rotatable bonds is 8. The average Bonchev–Trinajstić information content (AvgIpc) is 2.83. The van der Waals surface area contributed by atoms with E-state index in [1.54, 1.807) is 6.07 Å². The van der Waals surface area contributed by atoms with Gasteiger partial charge in [0.1, 0.15) is 36.2 Å². The third-order valence-corrected chi connectivity index (χ3v) is 8.92. The van der Waals surface area contributed by atoms with Gasteiger partial charge in [-0.3, -0.25) is 4.79 Å². The molecule has 0 aliphatic heterocycles. The third kappa shape index (κ3) is 7.31. The number of carbonyl (C=O) groups is 1. The first-order chi connectivity index (χ1) is 15.2. The zero-order valence-electron chi connectivity index (χ0n) is 17.9. The molecular formula is C27H27BrNO2P. The lowest BCUT2D eigenvalue weighted by Crippen LogP contribution is -3.00. The van der Waals surface area contributed by atoms with Gasteiger partial charge in [-0.05, 0) is 36.4 Å². The number of carbonyl (C=O) groups excluding carboxylic acids is 1. The molecule has 164 valence electrons. The van der Waals surface area contributed by atoms with Crippen molar-refractivity contribution in [2.75, 3.05) is 12.8 Å². The van der Waals surface area contributed by atoms with Crippen LogP contribution in [-0.2, 0) is 9.53 Å². The molecule has 0 atom stereocenters. The molecule has 3 aromatic rings. The molecule has 0 bridgehead atoms.